The van der Waals surface area contributed by atoms with Crippen LogP contribution in [-0.2, 0) is 18.5 Å². The fraction of sp³-hybridized carbons (Fsp3) is 0.211. The van der Waals surface area contributed by atoms with Gasteiger partial charge in [-0.25, -0.2) is 23.9 Å². The molecule has 30 heavy (non-hydrogen) atoms. The number of hydrogen-bond acceptors (Lipinski definition) is 5. The number of aryl methyl sites for hydroxylation is 1. The summed E-state index contributed by atoms with van der Waals surface area (Å²) in [5.41, 5.74) is 0.389. The molecule has 8 nitrogen and oxygen atoms in total. The summed E-state index contributed by atoms with van der Waals surface area (Å²) in [7, 11) is 1.42. The predicted molar refractivity (Wildman–Crippen MR) is 102 cm³/mol. The molecule has 2 aromatic carbocycles. The molecule has 158 valence electrons. The molecule has 0 saturated heterocycles. The number of ether oxygens (including phenoxy) is 1. The summed E-state index contributed by atoms with van der Waals surface area (Å²) >= 11 is 0. The van der Waals surface area contributed by atoms with Crippen molar-refractivity contribution in [1.29, 1.82) is 0 Å². The molecule has 0 unspecified atom stereocenters. The summed E-state index contributed by atoms with van der Waals surface area (Å²) < 4.78 is 43.0. The minimum atomic E-state index is -4.79. The first-order chi connectivity index (χ1) is 14.2. The Morgan fingerprint density at radius 2 is 1.87 bits per heavy atom. The average Bonchev–Trinajstić information content (AvgIpc) is 2.93. The van der Waals surface area contributed by atoms with Gasteiger partial charge < -0.3 is 9.57 Å². The fourth-order valence-corrected chi connectivity index (χ4v) is 2.71. The van der Waals surface area contributed by atoms with Gasteiger partial charge in [0, 0.05) is 18.2 Å². The smallest absolute Gasteiger partial charge is 0.406 e. The highest BCUT2D eigenvalue weighted by Gasteiger charge is 2.31. The molecule has 0 radical (unpaired) electrons. The van der Waals surface area contributed by atoms with E-state index in [2.05, 4.69) is 15.0 Å². The highest BCUT2D eigenvalue weighted by molar-refractivity contribution is 5.98. The molecular weight excluding hydrogens is 405 g/mol. The number of para-hydroxylation sites is 1. The van der Waals surface area contributed by atoms with Crippen molar-refractivity contribution < 1.29 is 22.7 Å². The fourth-order valence-electron chi connectivity index (χ4n) is 2.71. The van der Waals surface area contributed by atoms with Gasteiger partial charge in [-0.1, -0.05) is 35.5 Å². The molecule has 1 heterocycles. The van der Waals surface area contributed by atoms with Crippen LogP contribution >= 0.6 is 0 Å². The van der Waals surface area contributed by atoms with Gasteiger partial charge in [0.1, 0.15) is 12.4 Å². The Morgan fingerprint density at radius 1 is 1.13 bits per heavy atom. The summed E-state index contributed by atoms with van der Waals surface area (Å²) in [4.78, 5) is 29.5. The van der Waals surface area contributed by atoms with Gasteiger partial charge in [0.25, 0.3) is 0 Å². The lowest BCUT2D eigenvalue weighted by atomic mass is 10.1. The first kappa shape index (κ1) is 21.0. The van der Waals surface area contributed by atoms with Crippen LogP contribution in [0.5, 0.6) is 5.75 Å². The molecule has 1 N–H and O–H groups in total. The van der Waals surface area contributed by atoms with E-state index in [1.54, 1.807) is 37.3 Å². The molecule has 3 aromatic rings. The SMILES string of the molecule is C/C(=N/OCc1ccccc1-n1c(=O)[nH]n(C)c1=O)c1cccc(OC(F)(F)F)c1. The Bertz CT molecular complexity index is 1190. The number of oxime groups is 1. The van der Waals surface area contributed by atoms with E-state index >= 15 is 0 Å². The molecular formula is C19H17F3N4O4. The maximum absolute atomic E-state index is 12.4. The molecule has 0 saturated carbocycles. The Hall–Kier alpha value is -3.76. The third-order valence-electron chi connectivity index (χ3n) is 4.08. The van der Waals surface area contributed by atoms with E-state index in [-0.39, 0.29) is 12.4 Å². The lowest BCUT2D eigenvalue weighted by molar-refractivity contribution is -0.274. The Balaban J connectivity index is 1.79. The van der Waals surface area contributed by atoms with Crippen molar-refractivity contribution in [2.45, 2.75) is 19.9 Å². The van der Waals surface area contributed by atoms with Crippen molar-refractivity contribution >= 4 is 5.71 Å². The maximum Gasteiger partial charge on any atom is 0.573 e. The zero-order chi connectivity index (χ0) is 21.9. The second-order valence-electron chi connectivity index (χ2n) is 6.25. The van der Waals surface area contributed by atoms with Gasteiger partial charge in [-0.15, -0.1) is 13.2 Å². The lowest BCUT2D eigenvalue weighted by Gasteiger charge is -2.10. The van der Waals surface area contributed by atoms with Crippen LogP contribution in [0.1, 0.15) is 18.1 Å². The standard InChI is InChI=1S/C19H17F3N4O4/c1-12(13-7-5-8-15(10-13)30-19(20,21)22)24-29-11-14-6-3-4-9-16(14)26-17(27)23-25(2)18(26)28/h3-10H,11H2,1-2H3,(H,23,27)/b24-12-. The van der Waals surface area contributed by atoms with Crippen LogP contribution < -0.4 is 16.1 Å². The van der Waals surface area contributed by atoms with E-state index in [0.717, 1.165) is 9.25 Å². The van der Waals surface area contributed by atoms with E-state index in [0.29, 0.717) is 22.5 Å². The summed E-state index contributed by atoms with van der Waals surface area (Å²) in [6.45, 7) is 1.48. The second-order valence-corrected chi connectivity index (χ2v) is 6.25. The van der Waals surface area contributed by atoms with Gasteiger partial charge >= 0.3 is 17.7 Å². The van der Waals surface area contributed by atoms with Crippen LogP contribution in [0.3, 0.4) is 0 Å². The second kappa shape index (κ2) is 8.31. The summed E-state index contributed by atoms with van der Waals surface area (Å²) in [5.74, 6) is -0.373. The van der Waals surface area contributed by atoms with E-state index < -0.39 is 17.7 Å². The Kier molecular flexibility index (Phi) is 5.81. The quantitative estimate of drug-likeness (QED) is 0.489. The molecule has 3 rings (SSSR count). The Morgan fingerprint density at radius 3 is 2.53 bits per heavy atom. The zero-order valence-corrected chi connectivity index (χ0v) is 15.9. The minimum absolute atomic E-state index is 0.0764. The highest BCUT2D eigenvalue weighted by atomic mass is 19.4. The number of nitrogens with zero attached hydrogens (tertiary/aromatic N) is 3. The van der Waals surface area contributed by atoms with Crippen molar-refractivity contribution in [3.8, 4) is 11.4 Å². The number of rotatable bonds is 6. The van der Waals surface area contributed by atoms with E-state index in [1.165, 1.54) is 25.2 Å². The van der Waals surface area contributed by atoms with Crippen molar-refractivity contribution in [1.82, 2.24) is 14.3 Å². The highest BCUT2D eigenvalue weighted by Crippen LogP contribution is 2.23. The van der Waals surface area contributed by atoms with Crippen LogP contribution in [0.2, 0.25) is 0 Å². The molecule has 1 aromatic heterocycles. The van der Waals surface area contributed by atoms with Crippen molar-refractivity contribution in [3.05, 3.63) is 80.6 Å². The van der Waals surface area contributed by atoms with Crippen molar-refractivity contribution in [2.75, 3.05) is 0 Å². The lowest BCUT2D eigenvalue weighted by Crippen LogP contribution is -2.27. The van der Waals surface area contributed by atoms with Gasteiger partial charge in [0.2, 0.25) is 0 Å². The molecule has 0 aliphatic heterocycles. The number of aromatic amines is 1. The number of aromatic nitrogens is 3. The summed E-state index contributed by atoms with van der Waals surface area (Å²) in [5, 5.41) is 6.28. The predicted octanol–water partition coefficient (Wildman–Crippen LogP) is 2.70. The number of hydrogen-bond donors (Lipinski definition) is 1. The molecule has 0 aliphatic rings. The van der Waals surface area contributed by atoms with Crippen LogP contribution in [0.25, 0.3) is 5.69 Å². The van der Waals surface area contributed by atoms with E-state index in [4.69, 9.17) is 4.84 Å². The summed E-state index contributed by atoms with van der Waals surface area (Å²) in [6.07, 6.45) is -4.79. The monoisotopic (exact) mass is 422 g/mol. The van der Waals surface area contributed by atoms with Gasteiger partial charge in [-0.2, -0.15) is 0 Å². The van der Waals surface area contributed by atoms with Crippen molar-refractivity contribution in [2.24, 2.45) is 12.2 Å². The van der Waals surface area contributed by atoms with Gasteiger partial charge in [0.15, 0.2) is 0 Å². The molecule has 0 fully saturated rings. The molecule has 0 amide bonds. The number of benzene rings is 2. The number of H-pyrrole nitrogens is 1. The number of alkyl halides is 3. The Labute approximate surface area is 167 Å². The number of halogens is 3. The van der Waals surface area contributed by atoms with Gasteiger partial charge in [-0.05, 0) is 25.1 Å². The van der Waals surface area contributed by atoms with Crippen LogP contribution in [0.4, 0.5) is 13.2 Å². The van der Waals surface area contributed by atoms with Gasteiger partial charge in [0.05, 0.1) is 11.4 Å². The van der Waals surface area contributed by atoms with Gasteiger partial charge in [-0.3, -0.25) is 0 Å². The van der Waals surface area contributed by atoms with E-state index in [1.807, 2.05) is 0 Å². The van der Waals surface area contributed by atoms with Crippen LogP contribution in [0, 0.1) is 0 Å². The maximum atomic E-state index is 12.4. The average molecular weight is 422 g/mol. The van der Waals surface area contributed by atoms with E-state index in [9.17, 15) is 22.8 Å². The number of nitrogens with one attached hydrogen (secondary N) is 1. The van der Waals surface area contributed by atoms with Crippen LogP contribution in [-0.4, -0.2) is 26.4 Å². The summed E-state index contributed by atoms with van der Waals surface area (Å²) in [6, 6.07) is 11.9. The minimum Gasteiger partial charge on any atom is -0.406 e. The normalized spacial score (nSPS) is 12.1. The first-order valence-electron chi connectivity index (χ1n) is 8.65. The topological polar surface area (TPSA) is 90.6 Å². The molecule has 0 aliphatic carbocycles. The largest absolute Gasteiger partial charge is 0.573 e. The van der Waals surface area contributed by atoms with Crippen LogP contribution in [0.15, 0.2) is 63.3 Å². The molecule has 0 bridgehead atoms. The molecule has 0 spiro atoms. The first-order valence-corrected chi connectivity index (χ1v) is 8.65. The molecule has 0 atom stereocenters. The zero-order valence-electron chi connectivity index (χ0n) is 15.9. The molecule has 11 heteroatoms. The third-order valence-corrected chi connectivity index (χ3v) is 4.08. The van der Waals surface area contributed by atoms with Crippen molar-refractivity contribution in [3.63, 3.8) is 0 Å². The third kappa shape index (κ3) is 4.80.